The second-order valence-corrected chi connectivity index (χ2v) is 10.8. The molecular weight excluding hydrogens is 434 g/mol. The van der Waals surface area contributed by atoms with Crippen LogP contribution in [-0.4, -0.2) is 52.4 Å². The number of nitrogens with one attached hydrogen (secondary N) is 1. The van der Waals surface area contributed by atoms with Crippen molar-refractivity contribution in [1.82, 2.24) is 19.1 Å². The summed E-state index contributed by atoms with van der Waals surface area (Å²) in [6, 6.07) is 13.1. The molecule has 1 saturated heterocycles. The second kappa shape index (κ2) is 8.76. The fraction of sp³-hybridized carbons (Fsp3) is 0.360. The lowest BCUT2D eigenvalue weighted by Crippen LogP contribution is -2.42. The minimum Gasteiger partial charge on any atom is -0.382 e. The van der Waals surface area contributed by atoms with Crippen molar-refractivity contribution in [2.75, 3.05) is 24.2 Å². The number of sulfonamides is 1. The number of hydrogen-bond acceptors (Lipinski definition) is 5. The number of hydrogen-bond donors (Lipinski definition) is 1. The van der Waals surface area contributed by atoms with E-state index in [1.54, 1.807) is 11.2 Å². The molecule has 0 unspecified atom stereocenters. The number of benzene rings is 2. The summed E-state index contributed by atoms with van der Waals surface area (Å²) in [6.07, 6.45) is 7.20. The van der Waals surface area contributed by atoms with Gasteiger partial charge in [-0.25, -0.2) is 12.7 Å². The molecule has 33 heavy (non-hydrogen) atoms. The fourth-order valence-electron chi connectivity index (χ4n) is 4.68. The lowest BCUT2D eigenvalue weighted by atomic mass is 9.98. The molecule has 0 radical (unpaired) electrons. The van der Waals surface area contributed by atoms with Crippen LogP contribution in [0.2, 0.25) is 0 Å². The molecule has 172 valence electrons. The van der Waals surface area contributed by atoms with Gasteiger partial charge in [-0.2, -0.15) is 5.10 Å². The van der Waals surface area contributed by atoms with Crippen LogP contribution < -0.4 is 5.32 Å². The van der Waals surface area contributed by atoms with Crippen LogP contribution in [0.1, 0.15) is 26.7 Å². The maximum absolute atomic E-state index is 12.2. The highest BCUT2D eigenvalue weighted by Gasteiger charge is 2.27. The summed E-state index contributed by atoms with van der Waals surface area (Å²) >= 11 is 0. The van der Waals surface area contributed by atoms with Gasteiger partial charge in [-0.15, -0.1) is 0 Å². The van der Waals surface area contributed by atoms with Crippen molar-refractivity contribution in [2.45, 2.75) is 39.3 Å². The van der Waals surface area contributed by atoms with E-state index in [1.807, 2.05) is 29.3 Å². The third kappa shape index (κ3) is 4.20. The third-order valence-electron chi connectivity index (χ3n) is 6.60. The van der Waals surface area contributed by atoms with Gasteiger partial charge in [0.15, 0.2) is 0 Å². The number of aryl methyl sites for hydroxylation is 1. The molecule has 1 N–H and O–H groups in total. The quantitative estimate of drug-likeness (QED) is 0.455. The summed E-state index contributed by atoms with van der Waals surface area (Å²) < 4.78 is 28.0. The Morgan fingerprint density at radius 2 is 1.79 bits per heavy atom. The number of piperidine rings is 1. The number of anilines is 1. The summed E-state index contributed by atoms with van der Waals surface area (Å²) in [5.41, 5.74) is 4.45. The monoisotopic (exact) mass is 463 g/mol. The molecule has 8 heteroatoms. The van der Waals surface area contributed by atoms with Gasteiger partial charge in [-0.05, 0) is 73.5 Å². The molecule has 0 spiro atoms. The molecule has 4 aromatic rings. The molecule has 0 bridgehead atoms. The lowest BCUT2D eigenvalue weighted by molar-refractivity contribution is 0.330. The molecule has 1 aliphatic heterocycles. The highest BCUT2D eigenvalue weighted by molar-refractivity contribution is 7.89. The van der Waals surface area contributed by atoms with Gasteiger partial charge >= 0.3 is 0 Å². The first-order valence-corrected chi connectivity index (χ1v) is 13.2. The molecule has 7 nitrogen and oxygen atoms in total. The number of nitrogens with zero attached hydrogens (tertiary/aromatic N) is 4. The average Bonchev–Trinajstić information content (AvgIpc) is 3.26. The molecule has 1 aliphatic rings. The predicted molar refractivity (Wildman–Crippen MR) is 134 cm³/mol. The maximum Gasteiger partial charge on any atom is 0.213 e. The van der Waals surface area contributed by atoms with Crippen LogP contribution >= 0.6 is 0 Å². The van der Waals surface area contributed by atoms with Gasteiger partial charge in [-0.1, -0.05) is 6.07 Å². The Morgan fingerprint density at radius 3 is 2.55 bits per heavy atom. The van der Waals surface area contributed by atoms with E-state index in [9.17, 15) is 8.42 Å². The highest BCUT2D eigenvalue weighted by atomic mass is 32.2. The summed E-state index contributed by atoms with van der Waals surface area (Å²) in [6.45, 7) is 5.76. The third-order valence-corrected chi connectivity index (χ3v) is 8.48. The Morgan fingerprint density at radius 1 is 1.00 bits per heavy atom. The second-order valence-electron chi connectivity index (χ2n) is 8.57. The van der Waals surface area contributed by atoms with Crippen molar-refractivity contribution >= 4 is 37.4 Å². The van der Waals surface area contributed by atoms with E-state index in [0.29, 0.717) is 13.1 Å². The van der Waals surface area contributed by atoms with Gasteiger partial charge in [0.2, 0.25) is 10.0 Å². The molecule has 0 amide bonds. The zero-order valence-electron chi connectivity index (χ0n) is 19.0. The van der Waals surface area contributed by atoms with E-state index in [2.05, 4.69) is 52.7 Å². The van der Waals surface area contributed by atoms with Gasteiger partial charge in [0.05, 0.1) is 17.5 Å². The summed E-state index contributed by atoms with van der Waals surface area (Å²) in [4.78, 5) is 4.34. The smallest absolute Gasteiger partial charge is 0.213 e. The number of aromatic nitrogens is 3. The largest absolute Gasteiger partial charge is 0.382 e. The molecule has 3 heterocycles. The summed E-state index contributed by atoms with van der Waals surface area (Å²) in [5.74, 6) is 0.158. The minimum atomic E-state index is -3.12. The summed E-state index contributed by atoms with van der Waals surface area (Å²) in [7, 11) is -3.12. The molecule has 0 atom stereocenters. The average molecular weight is 464 g/mol. The molecule has 5 rings (SSSR count). The van der Waals surface area contributed by atoms with Gasteiger partial charge in [0.25, 0.3) is 0 Å². The Balaban J connectivity index is 1.46. The SMILES string of the molecule is CCn1ncc2cc(-c3cc(NC4CCN(S(=O)(=O)CC)CC4)c4cnccc4c3)ccc21. The van der Waals surface area contributed by atoms with Crippen molar-refractivity contribution in [2.24, 2.45) is 0 Å². The van der Waals surface area contributed by atoms with Crippen molar-refractivity contribution in [3.63, 3.8) is 0 Å². The van der Waals surface area contributed by atoms with E-state index in [4.69, 9.17) is 0 Å². The van der Waals surface area contributed by atoms with Crippen LogP contribution in [0.4, 0.5) is 5.69 Å². The first-order valence-electron chi connectivity index (χ1n) is 11.6. The van der Waals surface area contributed by atoms with Crippen LogP contribution in [0, 0.1) is 0 Å². The number of rotatable bonds is 6. The Bertz CT molecular complexity index is 1410. The molecule has 1 fully saturated rings. The zero-order chi connectivity index (χ0) is 23.0. The Kier molecular flexibility index (Phi) is 5.80. The van der Waals surface area contributed by atoms with E-state index < -0.39 is 10.0 Å². The topological polar surface area (TPSA) is 80.1 Å². The van der Waals surface area contributed by atoms with Crippen LogP contribution in [0.25, 0.3) is 32.8 Å². The maximum atomic E-state index is 12.2. The lowest BCUT2D eigenvalue weighted by Gasteiger charge is -2.32. The van der Waals surface area contributed by atoms with Crippen LogP contribution in [0.5, 0.6) is 0 Å². The molecular formula is C25H29N5O2S. The Labute approximate surface area is 194 Å². The van der Waals surface area contributed by atoms with Crippen molar-refractivity contribution in [1.29, 1.82) is 0 Å². The Hall–Kier alpha value is -2.97. The number of pyridine rings is 1. The van der Waals surface area contributed by atoms with Gasteiger partial charge in [0, 0.05) is 54.5 Å². The van der Waals surface area contributed by atoms with Crippen LogP contribution in [0.15, 0.2) is 55.0 Å². The highest BCUT2D eigenvalue weighted by Crippen LogP contribution is 2.33. The minimum absolute atomic E-state index is 0.158. The van der Waals surface area contributed by atoms with Crippen molar-refractivity contribution in [3.05, 3.63) is 55.0 Å². The first-order chi connectivity index (χ1) is 16.0. The van der Waals surface area contributed by atoms with E-state index in [1.165, 1.54) is 0 Å². The summed E-state index contributed by atoms with van der Waals surface area (Å²) in [5, 5.41) is 11.5. The van der Waals surface area contributed by atoms with Gasteiger partial charge in [-0.3, -0.25) is 9.67 Å². The molecule has 0 aliphatic carbocycles. The number of fused-ring (bicyclic) bond motifs is 2. The van der Waals surface area contributed by atoms with Gasteiger partial charge in [0.1, 0.15) is 0 Å². The first kappa shape index (κ1) is 21.9. The van der Waals surface area contributed by atoms with E-state index >= 15 is 0 Å². The molecule has 2 aromatic heterocycles. The van der Waals surface area contributed by atoms with E-state index in [0.717, 1.165) is 57.9 Å². The molecule has 2 aromatic carbocycles. The fourth-order valence-corrected chi connectivity index (χ4v) is 5.82. The molecule has 0 saturated carbocycles. The van der Waals surface area contributed by atoms with Gasteiger partial charge < -0.3 is 5.32 Å². The predicted octanol–water partition coefficient (Wildman–Crippen LogP) is 4.50. The standard InChI is InChI=1S/C25H29N5O2S/c1-3-30-25-6-5-18(13-21(25)16-27-30)20-14-19-7-10-26-17-23(19)24(15-20)28-22-8-11-29(12-9-22)33(31,32)4-2/h5-7,10,13-17,22,28H,3-4,8-9,11-12H2,1-2H3. The normalized spacial score (nSPS) is 15.9. The van der Waals surface area contributed by atoms with Crippen molar-refractivity contribution < 1.29 is 8.42 Å². The zero-order valence-corrected chi connectivity index (χ0v) is 19.8. The van der Waals surface area contributed by atoms with E-state index in [-0.39, 0.29) is 11.8 Å². The van der Waals surface area contributed by atoms with Crippen LogP contribution in [0.3, 0.4) is 0 Å². The van der Waals surface area contributed by atoms with Crippen LogP contribution in [-0.2, 0) is 16.6 Å². The van der Waals surface area contributed by atoms with Crippen molar-refractivity contribution in [3.8, 4) is 11.1 Å².